The van der Waals surface area contributed by atoms with Crippen molar-refractivity contribution in [2.24, 2.45) is 0 Å². The first-order chi connectivity index (χ1) is 15.8. The van der Waals surface area contributed by atoms with Gasteiger partial charge >= 0.3 is 12.1 Å². The summed E-state index contributed by atoms with van der Waals surface area (Å²) in [5.41, 5.74) is 5.67. The zero-order chi connectivity index (χ0) is 23.5. The molecule has 0 saturated carbocycles. The second-order valence-electron chi connectivity index (χ2n) is 8.03. The topological polar surface area (TPSA) is 105 Å². The molecule has 7 heteroatoms. The smallest absolute Gasteiger partial charge is 0.411 e. The molecule has 168 valence electrons. The molecule has 1 unspecified atom stereocenters. The highest BCUT2D eigenvalue weighted by Gasteiger charge is 2.29. The van der Waals surface area contributed by atoms with Gasteiger partial charge < -0.3 is 15.2 Å². The minimum absolute atomic E-state index is 0.0830. The van der Waals surface area contributed by atoms with Gasteiger partial charge in [-0.05, 0) is 48.2 Å². The van der Waals surface area contributed by atoms with Crippen LogP contribution in [-0.2, 0) is 9.53 Å². The lowest BCUT2D eigenvalue weighted by Gasteiger charge is -2.16. The van der Waals surface area contributed by atoms with E-state index in [-0.39, 0.29) is 23.8 Å². The van der Waals surface area contributed by atoms with E-state index in [9.17, 15) is 14.4 Å². The van der Waals surface area contributed by atoms with Gasteiger partial charge in [0.25, 0.3) is 5.91 Å². The van der Waals surface area contributed by atoms with E-state index in [2.05, 4.69) is 22.8 Å². The van der Waals surface area contributed by atoms with E-state index in [0.29, 0.717) is 0 Å². The van der Waals surface area contributed by atoms with Crippen molar-refractivity contribution in [2.45, 2.75) is 25.8 Å². The average Bonchev–Trinajstić information content (AvgIpc) is 3.12. The number of ether oxygens (including phenoxy) is 1. The second-order valence-corrected chi connectivity index (χ2v) is 8.03. The van der Waals surface area contributed by atoms with Gasteiger partial charge in [0.1, 0.15) is 12.6 Å². The number of fused-ring (bicyclic) bond motifs is 3. The fraction of sp³-hybridized carbons (Fsp3) is 0.192. The fourth-order valence-electron chi connectivity index (χ4n) is 4.04. The number of hydrogen-bond donors (Lipinski definition) is 3. The molecule has 0 spiro atoms. The molecule has 4 rings (SSSR count). The third-order valence-corrected chi connectivity index (χ3v) is 5.72. The van der Waals surface area contributed by atoms with Crippen LogP contribution in [0.3, 0.4) is 0 Å². The quantitative estimate of drug-likeness (QED) is 0.517. The molecule has 0 radical (unpaired) electrons. The average molecular weight is 444 g/mol. The fourth-order valence-corrected chi connectivity index (χ4v) is 4.04. The van der Waals surface area contributed by atoms with Crippen LogP contribution in [0.25, 0.3) is 11.1 Å². The van der Waals surface area contributed by atoms with Crippen LogP contribution in [0.15, 0.2) is 66.7 Å². The van der Waals surface area contributed by atoms with Gasteiger partial charge in [0.05, 0.1) is 11.3 Å². The summed E-state index contributed by atoms with van der Waals surface area (Å²) in [6, 6.07) is 20.0. The summed E-state index contributed by atoms with van der Waals surface area (Å²) >= 11 is 0. The number of anilines is 1. The number of carbonyl (C=O) groups is 3. The lowest BCUT2D eigenvalue weighted by atomic mass is 9.98. The number of rotatable bonds is 6. The second kappa shape index (κ2) is 9.16. The number of carboxylic acids is 1. The first-order valence-electron chi connectivity index (χ1n) is 10.6. The molecule has 3 N–H and O–H groups in total. The summed E-state index contributed by atoms with van der Waals surface area (Å²) in [7, 11) is 0. The Bertz CT molecular complexity index is 1190. The normalized spacial score (nSPS) is 12.9. The van der Waals surface area contributed by atoms with E-state index in [1.165, 1.54) is 6.92 Å². The van der Waals surface area contributed by atoms with Crippen LogP contribution in [0.2, 0.25) is 0 Å². The molecule has 1 aliphatic carbocycles. The Hall–Kier alpha value is -4.13. The number of carboxylic acid groups (broad SMARTS) is 1. The van der Waals surface area contributed by atoms with Crippen molar-refractivity contribution in [3.8, 4) is 11.1 Å². The summed E-state index contributed by atoms with van der Waals surface area (Å²) in [5.74, 6) is -1.83. The Morgan fingerprint density at radius 1 is 0.970 bits per heavy atom. The molecule has 3 aromatic rings. The standard InChI is InChI=1S/C26H24N2O5/c1-15-11-12-23(21(13-15)24(29)27-16(2)25(30)31)28-26(32)33-14-22-19-9-5-3-7-17(19)18-8-4-6-10-20(18)22/h3-13,16,22H,14H2,1-2H3,(H,27,29)(H,28,32)(H,30,31). The molecule has 1 aliphatic rings. The monoisotopic (exact) mass is 444 g/mol. The molecular weight excluding hydrogens is 420 g/mol. The maximum Gasteiger partial charge on any atom is 0.411 e. The molecule has 0 saturated heterocycles. The van der Waals surface area contributed by atoms with E-state index < -0.39 is 24.0 Å². The molecule has 33 heavy (non-hydrogen) atoms. The Kier molecular flexibility index (Phi) is 6.13. The zero-order valence-electron chi connectivity index (χ0n) is 18.3. The van der Waals surface area contributed by atoms with Crippen molar-refractivity contribution < 1.29 is 24.2 Å². The number of benzene rings is 3. The highest BCUT2D eigenvalue weighted by Crippen LogP contribution is 2.44. The molecule has 7 nitrogen and oxygen atoms in total. The minimum atomic E-state index is -1.15. The SMILES string of the molecule is Cc1ccc(NC(=O)OCC2c3ccccc3-c3ccccc32)c(C(=O)NC(C)C(=O)O)c1. The first-order valence-corrected chi connectivity index (χ1v) is 10.6. The van der Waals surface area contributed by atoms with Crippen molar-refractivity contribution in [1.29, 1.82) is 0 Å². The third kappa shape index (κ3) is 4.57. The van der Waals surface area contributed by atoms with Crippen molar-refractivity contribution >= 4 is 23.7 Å². The third-order valence-electron chi connectivity index (χ3n) is 5.72. The van der Waals surface area contributed by atoms with E-state index in [1.54, 1.807) is 25.1 Å². The van der Waals surface area contributed by atoms with E-state index in [4.69, 9.17) is 9.84 Å². The van der Waals surface area contributed by atoms with Gasteiger partial charge in [0.15, 0.2) is 0 Å². The van der Waals surface area contributed by atoms with Gasteiger partial charge in [0, 0.05) is 5.92 Å². The number of nitrogens with one attached hydrogen (secondary N) is 2. The number of carbonyl (C=O) groups excluding carboxylic acids is 2. The molecule has 0 fully saturated rings. The number of aliphatic carboxylic acids is 1. The van der Waals surface area contributed by atoms with Crippen LogP contribution in [0.4, 0.5) is 10.5 Å². The number of amides is 2. The van der Waals surface area contributed by atoms with Crippen LogP contribution < -0.4 is 10.6 Å². The van der Waals surface area contributed by atoms with E-state index >= 15 is 0 Å². The molecule has 0 aromatic heterocycles. The van der Waals surface area contributed by atoms with Crippen LogP contribution in [-0.4, -0.2) is 35.7 Å². The van der Waals surface area contributed by atoms with Crippen LogP contribution in [0.5, 0.6) is 0 Å². The van der Waals surface area contributed by atoms with Crippen LogP contribution >= 0.6 is 0 Å². The molecule has 0 heterocycles. The minimum Gasteiger partial charge on any atom is -0.480 e. The Morgan fingerprint density at radius 3 is 2.18 bits per heavy atom. The summed E-state index contributed by atoms with van der Waals surface area (Å²) < 4.78 is 5.55. The molecule has 0 aliphatic heterocycles. The molecule has 0 bridgehead atoms. The lowest BCUT2D eigenvalue weighted by Crippen LogP contribution is -2.38. The van der Waals surface area contributed by atoms with Crippen molar-refractivity contribution in [3.63, 3.8) is 0 Å². The van der Waals surface area contributed by atoms with Crippen molar-refractivity contribution in [2.75, 3.05) is 11.9 Å². The highest BCUT2D eigenvalue weighted by molar-refractivity contribution is 6.04. The van der Waals surface area contributed by atoms with Crippen molar-refractivity contribution in [3.05, 3.63) is 89.0 Å². The Morgan fingerprint density at radius 2 is 1.58 bits per heavy atom. The maximum absolute atomic E-state index is 12.6. The summed E-state index contributed by atoms with van der Waals surface area (Å²) in [6.07, 6.45) is -0.693. The highest BCUT2D eigenvalue weighted by atomic mass is 16.5. The Labute approximate surface area is 191 Å². The largest absolute Gasteiger partial charge is 0.480 e. The molecule has 1 atom stereocenters. The summed E-state index contributed by atoms with van der Waals surface area (Å²) in [5, 5.41) is 14.1. The summed E-state index contributed by atoms with van der Waals surface area (Å²) in [6.45, 7) is 3.31. The number of aryl methyl sites for hydroxylation is 1. The molecular formula is C26H24N2O5. The maximum atomic E-state index is 12.6. The predicted molar refractivity (Wildman–Crippen MR) is 124 cm³/mol. The van der Waals surface area contributed by atoms with Crippen LogP contribution in [0, 0.1) is 6.92 Å². The zero-order valence-corrected chi connectivity index (χ0v) is 18.3. The Balaban J connectivity index is 1.48. The van der Waals surface area contributed by atoms with Gasteiger partial charge in [-0.3, -0.25) is 14.9 Å². The van der Waals surface area contributed by atoms with Gasteiger partial charge in [-0.25, -0.2) is 4.79 Å². The van der Waals surface area contributed by atoms with Gasteiger partial charge in [-0.2, -0.15) is 0 Å². The van der Waals surface area contributed by atoms with E-state index in [1.807, 2.05) is 36.4 Å². The van der Waals surface area contributed by atoms with Gasteiger partial charge in [0.2, 0.25) is 0 Å². The van der Waals surface area contributed by atoms with Gasteiger partial charge in [-0.1, -0.05) is 60.2 Å². The lowest BCUT2D eigenvalue weighted by molar-refractivity contribution is -0.138. The van der Waals surface area contributed by atoms with E-state index in [0.717, 1.165) is 27.8 Å². The predicted octanol–water partition coefficient (Wildman–Crippen LogP) is 4.56. The van der Waals surface area contributed by atoms with Gasteiger partial charge in [-0.15, -0.1) is 0 Å². The molecule has 3 aromatic carbocycles. The summed E-state index contributed by atoms with van der Waals surface area (Å²) in [4.78, 5) is 36.3. The van der Waals surface area contributed by atoms with Crippen molar-refractivity contribution in [1.82, 2.24) is 5.32 Å². The molecule has 2 amide bonds. The van der Waals surface area contributed by atoms with Crippen LogP contribution in [0.1, 0.15) is 39.9 Å². The number of hydrogen-bond acceptors (Lipinski definition) is 4. The first kappa shape index (κ1) is 22.1.